The number of rotatable bonds is 2. The van der Waals surface area contributed by atoms with Crippen molar-refractivity contribution in [3.05, 3.63) is 0 Å². The van der Waals surface area contributed by atoms with Crippen LogP contribution in [0.15, 0.2) is 0 Å². The number of carbonyl (C=O) groups is 1. The summed E-state index contributed by atoms with van der Waals surface area (Å²) in [6, 6.07) is 0. The van der Waals surface area contributed by atoms with Crippen LogP contribution >= 0.6 is 0 Å². The molecule has 0 aromatic heterocycles. The Labute approximate surface area is 134 Å². The van der Waals surface area contributed by atoms with Crippen molar-refractivity contribution in [2.24, 2.45) is 17.1 Å². The minimum atomic E-state index is -0.454. The number of aliphatic hydroxyl groups is 1. The van der Waals surface area contributed by atoms with Crippen LogP contribution in [0, 0.1) is 11.3 Å². The largest absolute Gasteiger partial charge is 0.444 e. The van der Waals surface area contributed by atoms with Crippen LogP contribution in [0.2, 0.25) is 0 Å². The summed E-state index contributed by atoms with van der Waals surface area (Å²) in [5.74, 6) is 0.422. The van der Waals surface area contributed by atoms with Crippen molar-refractivity contribution >= 4 is 6.09 Å². The Morgan fingerprint density at radius 1 is 1.32 bits per heavy atom. The fourth-order valence-corrected chi connectivity index (χ4v) is 3.93. The summed E-state index contributed by atoms with van der Waals surface area (Å²) < 4.78 is 5.51. The van der Waals surface area contributed by atoms with Crippen LogP contribution in [0.1, 0.15) is 59.3 Å². The zero-order chi connectivity index (χ0) is 16.4. The van der Waals surface area contributed by atoms with Crippen molar-refractivity contribution in [2.45, 2.75) is 71.0 Å². The summed E-state index contributed by atoms with van der Waals surface area (Å²) in [6.07, 6.45) is 5.35. The molecule has 1 heterocycles. The fraction of sp³-hybridized carbons (Fsp3) is 0.941. The first-order valence-electron chi connectivity index (χ1n) is 8.62. The van der Waals surface area contributed by atoms with Gasteiger partial charge in [0, 0.05) is 13.1 Å². The van der Waals surface area contributed by atoms with Crippen molar-refractivity contribution in [1.29, 1.82) is 0 Å². The van der Waals surface area contributed by atoms with Gasteiger partial charge in [-0.2, -0.15) is 0 Å². The molecule has 0 aromatic rings. The third-order valence-corrected chi connectivity index (χ3v) is 5.30. The van der Waals surface area contributed by atoms with E-state index in [2.05, 4.69) is 0 Å². The van der Waals surface area contributed by atoms with Crippen LogP contribution in [-0.2, 0) is 4.74 Å². The molecule has 2 fully saturated rings. The SMILES string of the molecule is CC(C)(C)OC(=O)N1CCCC(C2(CN)CCC(O)CC2)C1. The molecule has 2 aliphatic rings. The highest BCUT2D eigenvalue weighted by atomic mass is 16.6. The lowest BCUT2D eigenvalue weighted by Gasteiger charge is -2.48. The Kier molecular flexibility index (Phi) is 5.38. The molecule has 128 valence electrons. The number of nitrogens with zero attached hydrogens (tertiary/aromatic N) is 1. The molecule has 1 unspecified atom stereocenters. The summed E-state index contributed by atoms with van der Waals surface area (Å²) in [7, 11) is 0. The minimum Gasteiger partial charge on any atom is -0.444 e. The summed E-state index contributed by atoms with van der Waals surface area (Å²) in [5, 5.41) is 9.78. The van der Waals surface area contributed by atoms with Gasteiger partial charge < -0.3 is 20.5 Å². The number of carbonyl (C=O) groups excluding carboxylic acids is 1. The molecule has 1 saturated heterocycles. The topological polar surface area (TPSA) is 75.8 Å². The number of hydrogen-bond acceptors (Lipinski definition) is 4. The van der Waals surface area contributed by atoms with Crippen molar-refractivity contribution in [3.8, 4) is 0 Å². The van der Waals surface area contributed by atoms with Gasteiger partial charge in [0.2, 0.25) is 0 Å². The van der Waals surface area contributed by atoms with E-state index in [0.717, 1.165) is 51.6 Å². The van der Waals surface area contributed by atoms with Gasteiger partial charge in [0.25, 0.3) is 0 Å². The fourth-order valence-electron chi connectivity index (χ4n) is 3.93. The molecule has 22 heavy (non-hydrogen) atoms. The number of hydrogen-bond donors (Lipinski definition) is 2. The molecule has 1 aliphatic carbocycles. The Bertz CT molecular complexity index is 384. The third-order valence-electron chi connectivity index (χ3n) is 5.30. The zero-order valence-corrected chi connectivity index (χ0v) is 14.3. The molecule has 0 bridgehead atoms. The average Bonchev–Trinajstić information content (AvgIpc) is 2.47. The van der Waals surface area contributed by atoms with Crippen LogP contribution in [0.3, 0.4) is 0 Å². The number of ether oxygens (including phenoxy) is 1. The highest BCUT2D eigenvalue weighted by Crippen LogP contribution is 2.45. The summed E-state index contributed by atoms with van der Waals surface area (Å²) in [6.45, 7) is 7.85. The summed E-state index contributed by atoms with van der Waals surface area (Å²) in [5.41, 5.74) is 5.75. The van der Waals surface area contributed by atoms with Crippen LogP contribution in [0.25, 0.3) is 0 Å². The van der Waals surface area contributed by atoms with Crippen molar-refractivity contribution in [1.82, 2.24) is 4.90 Å². The van der Waals surface area contributed by atoms with E-state index in [1.165, 1.54) is 0 Å². The standard InChI is InChI=1S/C17H32N2O3/c1-16(2,3)22-15(21)19-10-4-5-13(11-19)17(12-18)8-6-14(20)7-9-17/h13-14,20H,4-12,18H2,1-3H3. The Morgan fingerprint density at radius 3 is 2.50 bits per heavy atom. The van der Waals surface area contributed by atoms with Gasteiger partial charge >= 0.3 is 6.09 Å². The van der Waals surface area contributed by atoms with Crippen molar-refractivity contribution in [2.75, 3.05) is 19.6 Å². The van der Waals surface area contributed by atoms with E-state index in [9.17, 15) is 9.90 Å². The molecular formula is C17H32N2O3. The first-order chi connectivity index (χ1) is 10.3. The van der Waals surface area contributed by atoms with E-state index < -0.39 is 5.60 Å². The zero-order valence-electron chi connectivity index (χ0n) is 14.3. The highest BCUT2D eigenvalue weighted by Gasteiger charge is 2.43. The first kappa shape index (κ1) is 17.5. The molecule has 1 atom stereocenters. The van der Waals surface area contributed by atoms with Crippen LogP contribution in [0.4, 0.5) is 4.79 Å². The highest BCUT2D eigenvalue weighted by molar-refractivity contribution is 5.68. The molecule has 1 amide bonds. The second-order valence-corrected chi connectivity index (χ2v) is 8.06. The Balaban J connectivity index is 2.01. The number of aliphatic hydroxyl groups excluding tert-OH is 1. The lowest BCUT2D eigenvalue weighted by molar-refractivity contribution is -0.0167. The average molecular weight is 312 g/mol. The van der Waals surface area contributed by atoms with Crippen LogP contribution in [-0.4, -0.2) is 47.4 Å². The number of nitrogens with two attached hydrogens (primary N) is 1. The molecule has 2 rings (SSSR count). The number of amides is 1. The van der Waals surface area contributed by atoms with Gasteiger partial charge in [0.05, 0.1) is 6.10 Å². The maximum Gasteiger partial charge on any atom is 0.410 e. The normalized spacial score (nSPS) is 33.6. The van der Waals surface area contributed by atoms with Gasteiger partial charge in [-0.15, -0.1) is 0 Å². The summed E-state index contributed by atoms with van der Waals surface area (Å²) in [4.78, 5) is 14.2. The second-order valence-electron chi connectivity index (χ2n) is 8.06. The van der Waals surface area contributed by atoms with E-state index in [-0.39, 0.29) is 17.6 Å². The van der Waals surface area contributed by atoms with Crippen molar-refractivity contribution in [3.63, 3.8) is 0 Å². The van der Waals surface area contributed by atoms with E-state index in [1.807, 2.05) is 25.7 Å². The van der Waals surface area contributed by atoms with Gasteiger partial charge in [-0.1, -0.05) is 0 Å². The van der Waals surface area contributed by atoms with Gasteiger partial charge in [0.15, 0.2) is 0 Å². The van der Waals surface area contributed by atoms with E-state index in [1.54, 1.807) is 0 Å². The molecule has 0 radical (unpaired) electrons. The molecule has 3 N–H and O–H groups in total. The maximum atomic E-state index is 12.3. The number of likely N-dealkylation sites (tertiary alicyclic amines) is 1. The molecule has 0 spiro atoms. The molecule has 1 saturated carbocycles. The van der Waals surface area contributed by atoms with Gasteiger partial charge in [-0.05, 0) is 77.2 Å². The van der Waals surface area contributed by atoms with E-state index >= 15 is 0 Å². The Morgan fingerprint density at radius 2 is 1.95 bits per heavy atom. The predicted octanol–water partition coefficient (Wildman–Crippen LogP) is 2.51. The third kappa shape index (κ3) is 4.13. The Hall–Kier alpha value is -0.810. The van der Waals surface area contributed by atoms with E-state index in [4.69, 9.17) is 10.5 Å². The molecule has 5 nitrogen and oxygen atoms in total. The van der Waals surface area contributed by atoms with Gasteiger partial charge in [0.1, 0.15) is 5.60 Å². The van der Waals surface area contributed by atoms with Crippen molar-refractivity contribution < 1.29 is 14.6 Å². The lowest BCUT2D eigenvalue weighted by atomic mass is 9.63. The molecule has 0 aromatic carbocycles. The molecular weight excluding hydrogens is 280 g/mol. The van der Waals surface area contributed by atoms with Crippen LogP contribution in [0.5, 0.6) is 0 Å². The molecule has 1 aliphatic heterocycles. The quantitative estimate of drug-likeness (QED) is 0.821. The first-order valence-corrected chi connectivity index (χ1v) is 8.62. The summed E-state index contributed by atoms with van der Waals surface area (Å²) >= 11 is 0. The van der Waals surface area contributed by atoms with Crippen LogP contribution < -0.4 is 5.73 Å². The monoisotopic (exact) mass is 312 g/mol. The molecule has 5 heteroatoms. The minimum absolute atomic E-state index is 0.0832. The lowest BCUT2D eigenvalue weighted by Crippen LogP contribution is -2.51. The van der Waals surface area contributed by atoms with Gasteiger partial charge in [-0.25, -0.2) is 4.79 Å². The predicted molar refractivity (Wildman–Crippen MR) is 86.5 cm³/mol. The second kappa shape index (κ2) is 6.75. The number of piperidine rings is 1. The maximum absolute atomic E-state index is 12.3. The smallest absolute Gasteiger partial charge is 0.410 e. The van der Waals surface area contributed by atoms with Gasteiger partial charge in [-0.3, -0.25) is 0 Å². The van der Waals surface area contributed by atoms with E-state index in [0.29, 0.717) is 12.5 Å².